The van der Waals surface area contributed by atoms with Crippen LogP contribution in [-0.4, -0.2) is 27.0 Å². The lowest BCUT2D eigenvalue weighted by atomic mass is 10.1. The highest BCUT2D eigenvalue weighted by atomic mass is 32.2. The molecule has 2 aromatic rings. The van der Waals surface area contributed by atoms with Crippen molar-refractivity contribution in [3.05, 3.63) is 53.6 Å². The standard InChI is InChI=1S/C17H20FN3O2S/c1-12-5-3-6-15(20-12)17-7-4-10-21(17)16-9-8-13(11-14(16)18)24(22,23)19-2/h3,5-6,8-9,11,17,19H,4,7,10H2,1-2H3. The molecule has 1 saturated heterocycles. The van der Waals surface area contributed by atoms with Gasteiger partial charge in [0.15, 0.2) is 0 Å². The summed E-state index contributed by atoms with van der Waals surface area (Å²) in [5.74, 6) is -0.536. The minimum atomic E-state index is -3.65. The second kappa shape index (κ2) is 6.49. The molecule has 2 heterocycles. The van der Waals surface area contributed by atoms with Crippen LogP contribution in [0.15, 0.2) is 41.3 Å². The second-order valence-corrected chi connectivity index (χ2v) is 7.76. The molecule has 1 N–H and O–H groups in total. The van der Waals surface area contributed by atoms with E-state index in [2.05, 4.69) is 9.71 Å². The summed E-state index contributed by atoms with van der Waals surface area (Å²) in [6.45, 7) is 2.65. The summed E-state index contributed by atoms with van der Waals surface area (Å²) in [7, 11) is -2.35. The lowest BCUT2D eigenvalue weighted by Crippen LogP contribution is -2.25. The molecule has 7 heteroatoms. The number of rotatable bonds is 4. The van der Waals surface area contributed by atoms with Gasteiger partial charge in [0, 0.05) is 12.2 Å². The molecule has 128 valence electrons. The number of aromatic nitrogens is 1. The zero-order chi connectivity index (χ0) is 17.3. The van der Waals surface area contributed by atoms with Gasteiger partial charge in [-0.15, -0.1) is 0 Å². The van der Waals surface area contributed by atoms with Crippen molar-refractivity contribution in [2.45, 2.75) is 30.7 Å². The Morgan fingerprint density at radius 3 is 2.75 bits per heavy atom. The summed E-state index contributed by atoms with van der Waals surface area (Å²) in [4.78, 5) is 6.45. The average molecular weight is 349 g/mol. The van der Waals surface area contributed by atoms with Crippen LogP contribution >= 0.6 is 0 Å². The van der Waals surface area contributed by atoms with E-state index in [0.717, 1.165) is 36.8 Å². The highest BCUT2D eigenvalue weighted by Crippen LogP contribution is 2.37. The third-order valence-electron chi connectivity index (χ3n) is 4.31. The van der Waals surface area contributed by atoms with Crippen LogP contribution in [0.5, 0.6) is 0 Å². The predicted octanol–water partition coefficient (Wildman–Crippen LogP) is 2.78. The number of hydrogen-bond donors (Lipinski definition) is 1. The molecule has 0 amide bonds. The van der Waals surface area contributed by atoms with Crippen molar-refractivity contribution in [2.24, 2.45) is 0 Å². The van der Waals surface area contributed by atoms with Crippen LogP contribution in [0.25, 0.3) is 0 Å². The monoisotopic (exact) mass is 349 g/mol. The molecule has 1 aromatic heterocycles. The van der Waals surface area contributed by atoms with E-state index in [0.29, 0.717) is 5.69 Å². The summed E-state index contributed by atoms with van der Waals surface area (Å²) in [6, 6.07) is 9.88. The molecule has 1 aliphatic rings. The zero-order valence-corrected chi connectivity index (χ0v) is 14.5. The number of pyridine rings is 1. The minimum Gasteiger partial charge on any atom is -0.361 e. The summed E-state index contributed by atoms with van der Waals surface area (Å²) in [5.41, 5.74) is 2.25. The Morgan fingerprint density at radius 1 is 1.29 bits per heavy atom. The number of halogens is 1. The molecule has 24 heavy (non-hydrogen) atoms. The quantitative estimate of drug-likeness (QED) is 0.922. The third kappa shape index (κ3) is 3.14. The van der Waals surface area contributed by atoms with Crippen LogP contribution in [0, 0.1) is 12.7 Å². The molecule has 1 aromatic carbocycles. The Labute approximate surface area is 141 Å². The SMILES string of the molecule is CNS(=O)(=O)c1ccc(N2CCCC2c2cccc(C)n2)c(F)c1. The molecule has 0 saturated carbocycles. The molecule has 0 spiro atoms. The van der Waals surface area contributed by atoms with Gasteiger partial charge in [0.25, 0.3) is 0 Å². The van der Waals surface area contributed by atoms with E-state index in [-0.39, 0.29) is 10.9 Å². The van der Waals surface area contributed by atoms with Crippen molar-refractivity contribution < 1.29 is 12.8 Å². The van der Waals surface area contributed by atoms with Crippen molar-refractivity contribution in [3.8, 4) is 0 Å². The molecular formula is C17H20FN3O2S. The average Bonchev–Trinajstić information content (AvgIpc) is 3.04. The highest BCUT2D eigenvalue weighted by molar-refractivity contribution is 7.89. The van der Waals surface area contributed by atoms with E-state index in [4.69, 9.17) is 0 Å². The molecule has 0 radical (unpaired) electrons. The first-order valence-electron chi connectivity index (χ1n) is 7.85. The van der Waals surface area contributed by atoms with Gasteiger partial charge in [0.05, 0.1) is 22.3 Å². The largest absolute Gasteiger partial charge is 0.361 e. The Kier molecular flexibility index (Phi) is 4.56. The van der Waals surface area contributed by atoms with Crippen LogP contribution in [-0.2, 0) is 10.0 Å². The summed E-state index contributed by atoms with van der Waals surface area (Å²) >= 11 is 0. The van der Waals surface area contributed by atoms with Gasteiger partial charge in [-0.25, -0.2) is 17.5 Å². The molecular weight excluding hydrogens is 329 g/mol. The Bertz CT molecular complexity index is 855. The van der Waals surface area contributed by atoms with Crippen molar-refractivity contribution in [3.63, 3.8) is 0 Å². The van der Waals surface area contributed by atoms with Gasteiger partial charge < -0.3 is 4.90 Å². The van der Waals surface area contributed by atoms with Gasteiger partial charge in [0.2, 0.25) is 10.0 Å². The van der Waals surface area contributed by atoms with Crippen LogP contribution in [0.4, 0.5) is 10.1 Å². The number of nitrogens with one attached hydrogen (secondary N) is 1. The number of nitrogens with zero attached hydrogens (tertiary/aromatic N) is 2. The Balaban J connectivity index is 1.96. The summed E-state index contributed by atoms with van der Waals surface area (Å²) in [5, 5.41) is 0. The van der Waals surface area contributed by atoms with E-state index >= 15 is 0 Å². The summed E-state index contributed by atoms with van der Waals surface area (Å²) < 4.78 is 40.4. The number of anilines is 1. The lowest BCUT2D eigenvalue weighted by molar-refractivity contribution is 0.581. The number of benzene rings is 1. The van der Waals surface area contributed by atoms with Crippen molar-refractivity contribution in [2.75, 3.05) is 18.5 Å². The van der Waals surface area contributed by atoms with Crippen LogP contribution < -0.4 is 9.62 Å². The maximum Gasteiger partial charge on any atom is 0.240 e. The van der Waals surface area contributed by atoms with Gasteiger partial charge >= 0.3 is 0 Å². The molecule has 3 rings (SSSR count). The molecule has 1 fully saturated rings. The van der Waals surface area contributed by atoms with Crippen molar-refractivity contribution in [1.82, 2.24) is 9.71 Å². The van der Waals surface area contributed by atoms with Gasteiger partial charge in [-0.05, 0) is 57.1 Å². The first-order chi connectivity index (χ1) is 11.4. The van der Waals surface area contributed by atoms with Crippen LogP contribution in [0.1, 0.15) is 30.3 Å². The normalized spacial score (nSPS) is 18.1. The van der Waals surface area contributed by atoms with Gasteiger partial charge in [-0.1, -0.05) is 6.07 Å². The molecule has 1 unspecified atom stereocenters. The second-order valence-electron chi connectivity index (χ2n) is 5.88. The Hall–Kier alpha value is -1.99. The lowest BCUT2D eigenvalue weighted by Gasteiger charge is -2.27. The van der Waals surface area contributed by atoms with Crippen LogP contribution in [0.3, 0.4) is 0 Å². The molecule has 1 atom stereocenters. The maximum atomic E-state index is 14.6. The zero-order valence-electron chi connectivity index (χ0n) is 13.7. The molecule has 1 aliphatic heterocycles. The fourth-order valence-corrected chi connectivity index (χ4v) is 3.86. The topological polar surface area (TPSA) is 62.3 Å². The van der Waals surface area contributed by atoms with Gasteiger partial charge in [0.1, 0.15) is 5.82 Å². The maximum absolute atomic E-state index is 14.6. The molecule has 0 aliphatic carbocycles. The van der Waals surface area contributed by atoms with Crippen LogP contribution in [0.2, 0.25) is 0 Å². The molecule has 0 bridgehead atoms. The Morgan fingerprint density at radius 2 is 2.08 bits per heavy atom. The first-order valence-corrected chi connectivity index (χ1v) is 9.34. The number of hydrogen-bond acceptors (Lipinski definition) is 4. The minimum absolute atomic E-state index is 0.00570. The van der Waals surface area contributed by atoms with E-state index in [1.807, 2.05) is 30.0 Å². The van der Waals surface area contributed by atoms with Crippen molar-refractivity contribution >= 4 is 15.7 Å². The fraction of sp³-hybridized carbons (Fsp3) is 0.353. The van der Waals surface area contributed by atoms with Crippen molar-refractivity contribution in [1.29, 1.82) is 0 Å². The van der Waals surface area contributed by atoms with E-state index < -0.39 is 15.8 Å². The van der Waals surface area contributed by atoms with Gasteiger partial charge in [-0.2, -0.15) is 0 Å². The van der Waals surface area contributed by atoms with Gasteiger partial charge in [-0.3, -0.25) is 4.98 Å². The third-order valence-corrected chi connectivity index (χ3v) is 5.72. The fourth-order valence-electron chi connectivity index (χ4n) is 3.12. The number of aryl methyl sites for hydroxylation is 1. The smallest absolute Gasteiger partial charge is 0.240 e. The first kappa shape index (κ1) is 16.9. The number of sulfonamides is 1. The molecule has 5 nitrogen and oxygen atoms in total. The summed E-state index contributed by atoms with van der Waals surface area (Å²) in [6.07, 6.45) is 1.84. The predicted molar refractivity (Wildman–Crippen MR) is 90.9 cm³/mol. The van der Waals surface area contributed by atoms with E-state index in [1.165, 1.54) is 19.2 Å². The highest BCUT2D eigenvalue weighted by Gasteiger charge is 2.29. The van der Waals surface area contributed by atoms with E-state index in [1.54, 1.807) is 0 Å². The van der Waals surface area contributed by atoms with E-state index in [9.17, 15) is 12.8 Å².